The van der Waals surface area contributed by atoms with Gasteiger partial charge in [0, 0.05) is 0 Å². The van der Waals surface area contributed by atoms with Crippen molar-refractivity contribution in [2.75, 3.05) is 7.04 Å². The third-order valence-electron chi connectivity index (χ3n) is 0.931. The van der Waals surface area contributed by atoms with E-state index in [1.165, 1.54) is 12.1 Å². The predicted molar refractivity (Wildman–Crippen MR) is 33.0 cm³/mol. The molecule has 0 unspecified atom stereocenters. The minimum absolute atomic E-state index is 0.136. The van der Waals surface area contributed by atoms with Gasteiger partial charge < -0.3 is 4.74 Å². The second-order valence-corrected chi connectivity index (χ2v) is 1.56. The van der Waals surface area contributed by atoms with Gasteiger partial charge in [-0.1, -0.05) is 0 Å². The molecule has 1 nitrogen and oxygen atoms in total. The fourth-order valence-electron chi connectivity index (χ4n) is 0.503. The van der Waals surface area contributed by atoms with Crippen LogP contribution in [0.5, 0.6) is 5.75 Å². The Kier molecular flexibility index (Phi) is 0.884. The molecule has 0 bridgehead atoms. The van der Waals surface area contributed by atoms with Gasteiger partial charge in [-0.05, 0) is 24.3 Å². The normalized spacial score (nSPS) is 15.4. The summed E-state index contributed by atoms with van der Waals surface area (Å²) in [4.78, 5) is 0. The molecule has 0 aromatic heterocycles. The number of hydrogen-bond acceptors (Lipinski definition) is 1. The first-order chi connectivity index (χ1) is 5.47. The number of benzene rings is 1. The summed E-state index contributed by atoms with van der Waals surface area (Å²) in [6.45, 7) is 0. The number of methoxy groups -OCH3 is 1. The van der Waals surface area contributed by atoms with Crippen LogP contribution >= 0.6 is 0 Å². The minimum atomic E-state index is -2.47. The van der Waals surface area contributed by atoms with Crippen LogP contribution in [0.3, 0.4) is 0 Å². The van der Waals surface area contributed by atoms with E-state index in [1.807, 2.05) is 0 Å². The second-order valence-electron chi connectivity index (χ2n) is 1.56. The van der Waals surface area contributed by atoms with Gasteiger partial charge in [0.25, 0.3) is 0 Å². The average molecular weight is 129 g/mol. The van der Waals surface area contributed by atoms with Gasteiger partial charge in [-0.3, -0.25) is 0 Å². The highest BCUT2D eigenvalue weighted by atomic mass is 19.1. The van der Waals surface area contributed by atoms with E-state index in [2.05, 4.69) is 4.74 Å². The standard InChI is InChI=1S/C7H7FO/c1-9-7-4-2-6(8)3-5-7/h2-5H,1H3/i1D3. The first-order valence-corrected chi connectivity index (χ1v) is 2.42. The Hall–Kier alpha value is -1.05. The van der Waals surface area contributed by atoms with Crippen LogP contribution in [0.1, 0.15) is 4.11 Å². The Morgan fingerprint density at radius 1 is 1.44 bits per heavy atom. The highest BCUT2D eigenvalue weighted by Gasteiger charge is 1.88. The fraction of sp³-hybridized carbons (Fsp3) is 0.143. The molecule has 0 spiro atoms. The Bertz CT molecular complexity index is 254. The van der Waals surface area contributed by atoms with Crippen molar-refractivity contribution in [1.29, 1.82) is 0 Å². The molecule has 0 saturated carbocycles. The van der Waals surface area contributed by atoms with E-state index in [0.29, 0.717) is 0 Å². The lowest BCUT2D eigenvalue weighted by Crippen LogP contribution is -1.80. The molecule has 2 heteroatoms. The molecule has 0 aliphatic carbocycles. The molecule has 0 amide bonds. The summed E-state index contributed by atoms with van der Waals surface area (Å²) in [5.74, 6) is -0.288. The summed E-state index contributed by atoms with van der Waals surface area (Å²) in [5, 5.41) is 0. The maximum atomic E-state index is 12.3. The summed E-state index contributed by atoms with van der Waals surface area (Å²) in [5.41, 5.74) is 0. The van der Waals surface area contributed by atoms with Gasteiger partial charge in [-0.2, -0.15) is 0 Å². The third kappa shape index (κ3) is 1.42. The molecule has 0 radical (unpaired) electrons. The predicted octanol–water partition coefficient (Wildman–Crippen LogP) is 1.83. The van der Waals surface area contributed by atoms with Crippen molar-refractivity contribution in [3.8, 4) is 5.75 Å². The van der Waals surface area contributed by atoms with Gasteiger partial charge in [-0.15, -0.1) is 0 Å². The van der Waals surface area contributed by atoms with Crippen LogP contribution in [0.4, 0.5) is 4.39 Å². The Morgan fingerprint density at radius 2 is 2.11 bits per heavy atom. The first-order valence-electron chi connectivity index (χ1n) is 3.92. The highest BCUT2D eigenvalue weighted by Crippen LogP contribution is 2.08. The molecule has 48 valence electrons. The average Bonchev–Trinajstić information content (AvgIpc) is 1.91. The molecular formula is C7H7FO. The third-order valence-corrected chi connectivity index (χ3v) is 0.931. The Morgan fingerprint density at radius 3 is 2.67 bits per heavy atom. The van der Waals surface area contributed by atoms with Crippen molar-refractivity contribution >= 4 is 0 Å². The zero-order valence-electron chi connectivity index (χ0n) is 7.60. The van der Waals surface area contributed by atoms with E-state index in [0.717, 1.165) is 12.1 Å². The lowest BCUT2D eigenvalue weighted by atomic mass is 10.3. The highest BCUT2D eigenvalue weighted by molar-refractivity contribution is 5.21. The van der Waals surface area contributed by atoms with Crippen molar-refractivity contribution in [2.24, 2.45) is 0 Å². The van der Waals surface area contributed by atoms with Crippen LogP contribution in [0.2, 0.25) is 0 Å². The van der Waals surface area contributed by atoms with Gasteiger partial charge in [-0.25, -0.2) is 4.39 Å². The maximum absolute atomic E-state index is 12.3. The van der Waals surface area contributed by atoms with Crippen LogP contribution in [-0.2, 0) is 0 Å². The number of rotatable bonds is 1. The van der Waals surface area contributed by atoms with Gasteiger partial charge in [0.2, 0.25) is 0 Å². The van der Waals surface area contributed by atoms with Gasteiger partial charge >= 0.3 is 0 Å². The van der Waals surface area contributed by atoms with Gasteiger partial charge in [0.15, 0.2) is 0 Å². The summed E-state index contributed by atoms with van der Waals surface area (Å²) >= 11 is 0. The van der Waals surface area contributed by atoms with E-state index in [4.69, 9.17) is 4.11 Å². The lowest BCUT2D eigenvalue weighted by molar-refractivity contribution is 0.413. The van der Waals surface area contributed by atoms with Crippen LogP contribution in [0.25, 0.3) is 0 Å². The van der Waals surface area contributed by atoms with E-state index in [-0.39, 0.29) is 5.75 Å². The maximum Gasteiger partial charge on any atom is 0.123 e. The minimum Gasteiger partial charge on any atom is -0.497 e. The van der Waals surface area contributed by atoms with Crippen LogP contribution in [0.15, 0.2) is 24.3 Å². The molecule has 1 aromatic carbocycles. The zero-order valence-corrected chi connectivity index (χ0v) is 4.60. The van der Waals surface area contributed by atoms with Crippen molar-refractivity contribution in [3.05, 3.63) is 30.1 Å². The van der Waals surface area contributed by atoms with Gasteiger partial charge in [0.1, 0.15) is 11.6 Å². The SMILES string of the molecule is [2H]C([2H])([2H])Oc1ccc(F)cc1. The Balaban J connectivity index is 2.71. The van der Waals surface area contributed by atoms with Crippen molar-refractivity contribution in [1.82, 2.24) is 0 Å². The molecule has 0 heterocycles. The Labute approximate surface area is 57.3 Å². The molecule has 0 aliphatic heterocycles. The van der Waals surface area contributed by atoms with E-state index < -0.39 is 12.9 Å². The van der Waals surface area contributed by atoms with Crippen molar-refractivity contribution in [2.45, 2.75) is 0 Å². The summed E-state index contributed by atoms with van der Waals surface area (Å²) in [6.07, 6.45) is 0. The van der Waals surface area contributed by atoms with E-state index in [9.17, 15) is 4.39 Å². The van der Waals surface area contributed by atoms with Crippen LogP contribution in [0, 0.1) is 5.82 Å². The van der Waals surface area contributed by atoms with Crippen LogP contribution in [-0.4, -0.2) is 7.04 Å². The largest absolute Gasteiger partial charge is 0.497 e. The number of ether oxygens (including phenoxy) is 1. The topological polar surface area (TPSA) is 9.23 Å². The summed E-state index contributed by atoms with van der Waals surface area (Å²) < 4.78 is 37.0. The fourth-order valence-corrected chi connectivity index (χ4v) is 0.503. The molecule has 0 N–H and O–H groups in total. The molecular weight excluding hydrogens is 119 g/mol. The molecule has 0 fully saturated rings. The molecule has 1 aromatic rings. The summed E-state index contributed by atoms with van der Waals surface area (Å²) in [7, 11) is -2.47. The second kappa shape index (κ2) is 2.49. The molecule has 0 aliphatic rings. The molecule has 9 heavy (non-hydrogen) atoms. The molecule has 0 atom stereocenters. The number of halogens is 1. The quantitative estimate of drug-likeness (QED) is 0.562. The smallest absolute Gasteiger partial charge is 0.123 e. The monoisotopic (exact) mass is 129 g/mol. The van der Waals surface area contributed by atoms with E-state index >= 15 is 0 Å². The lowest BCUT2D eigenvalue weighted by Gasteiger charge is -1.95. The zero-order chi connectivity index (χ0) is 9.19. The van der Waals surface area contributed by atoms with Crippen molar-refractivity contribution < 1.29 is 13.2 Å². The van der Waals surface area contributed by atoms with Crippen LogP contribution < -0.4 is 4.74 Å². The molecule has 1 rings (SSSR count). The van der Waals surface area contributed by atoms with Gasteiger partial charge in [0.05, 0.1) is 11.2 Å². The first kappa shape index (κ1) is 3.20. The number of hydrogen-bond donors (Lipinski definition) is 0. The molecule has 0 saturated heterocycles. The summed E-state index contributed by atoms with van der Waals surface area (Å²) in [6, 6.07) is 4.81. The van der Waals surface area contributed by atoms with Crippen molar-refractivity contribution in [3.63, 3.8) is 0 Å². The van der Waals surface area contributed by atoms with E-state index in [1.54, 1.807) is 0 Å².